The van der Waals surface area contributed by atoms with E-state index in [0.717, 1.165) is 166 Å². The second-order valence-corrected chi connectivity index (χ2v) is 33.5. The number of hydrogen-bond acceptors (Lipinski definition) is 9. The summed E-state index contributed by atoms with van der Waals surface area (Å²) in [6.45, 7) is 0. The SMILES string of the molecule is c1ccc(-c2ccc(-n3c4ccccc4c4cc(-c5nc(-c6ccccc6)c6c(n5)oc5ccccc56)ccc43)cc2)cc1.c1ccc(-c2cccc(-n3c4ccccc4c4cc(-c5nc(-c6ccccc6)c6c(n5)oc5ccccc56)ccc43)c2)cc1.c1ccc(-n2c3ccccc3c3ccc(-c4nc(-n5c6ccccc6c6ccccc65)c5c(n4)oc4ccccc45)cc32)cc1. The van der Waals surface area contributed by atoms with Crippen molar-refractivity contribution >= 4 is 153 Å². The molecule has 18 aromatic carbocycles. The zero-order chi connectivity index (χ0) is 87.6. The number of para-hydroxylation sites is 9. The van der Waals surface area contributed by atoms with Gasteiger partial charge in [0, 0.05) is 104 Å². The lowest BCUT2D eigenvalue weighted by Crippen LogP contribution is -2.02. The summed E-state index contributed by atoms with van der Waals surface area (Å²) in [6, 6.07) is 156. The highest BCUT2D eigenvalue weighted by atomic mass is 16.3. The summed E-state index contributed by atoms with van der Waals surface area (Å²) in [6.07, 6.45) is 0. The van der Waals surface area contributed by atoms with Crippen LogP contribution in [0.1, 0.15) is 0 Å². The molecule has 0 saturated carbocycles. The molecule has 0 aliphatic carbocycles. The molecule has 0 bridgehead atoms. The normalized spacial score (nSPS) is 11.8. The fourth-order valence-electron chi connectivity index (χ4n) is 19.8. The standard InChI is InChI=1S/C40H24N4O.2C40H25N3O/c1-2-12-26(13-3-1)43-32-18-8-4-16-29(32)30-23-22-25(24-35(30)43)38-41-39(37-31-17-7-11-21-36(31)45-40(37)42-38)44-33-19-9-5-14-27(33)28-15-6-10-20-34(28)44;1-3-12-26(13-4-1)28-16-11-17-30(24-28)43-34-20-9-7-18-31(34)33-25-29(22-23-35(33)43)39-41-38(27-14-5-2-6-15-27)37-32-19-8-10-21-36(32)44-40(37)42-39;1-3-11-26(12-4-1)27-19-22-30(23-20-27)43-34-17-9-7-15-31(34)33-25-29(21-24-35(33)43)39-41-38(28-13-5-2-6-14-28)37-32-16-8-10-18-36(32)44-40(37)42-39/h1-24H;2*1-25H. The Bertz CT molecular complexity index is 9410. The van der Waals surface area contributed by atoms with Gasteiger partial charge < -0.3 is 27.0 Å². The Balaban J connectivity index is 0.000000104. The Morgan fingerprint density at radius 2 is 0.451 bits per heavy atom. The molecule has 0 spiro atoms. The molecule has 0 fully saturated rings. The summed E-state index contributed by atoms with van der Waals surface area (Å²) < 4.78 is 28.3. The van der Waals surface area contributed by atoms with E-state index in [-0.39, 0.29) is 0 Å². The summed E-state index contributed by atoms with van der Waals surface area (Å²) in [5.41, 5.74) is 28.0. The van der Waals surface area contributed by atoms with Gasteiger partial charge in [-0.3, -0.25) is 4.57 Å². The van der Waals surface area contributed by atoms with E-state index in [0.29, 0.717) is 34.6 Å². The molecule has 0 unspecified atom stereocenters. The number of furan rings is 3. The fraction of sp³-hybridized carbons (Fsp3) is 0. The van der Waals surface area contributed by atoms with Crippen molar-refractivity contribution in [2.24, 2.45) is 0 Å². The molecule has 0 N–H and O–H groups in total. The Labute approximate surface area is 760 Å². The zero-order valence-corrected chi connectivity index (χ0v) is 71.4. The summed E-state index contributed by atoms with van der Waals surface area (Å²) in [7, 11) is 0. The van der Waals surface area contributed by atoms with Gasteiger partial charge in [0.05, 0.1) is 71.7 Å². The van der Waals surface area contributed by atoms with Crippen LogP contribution in [0.2, 0.25) is 0 Å². The van der Waals surface area contributed by atoms with Crippen LogP contribution in [0, 0.1) is 0 Å². The van der Waals surface area contributed by atoms with E-state index in [9.17, 15) is 0 Å². The molecule has 0 aliphatic rings. The average molecular weight is 1700 g/mol. The fourth-order valence-corrected chi connectivity index (χ4v) is 19.8. The molecule has 0 saturated heterocycles. The third kappa shape index (κ3) is 12.8. The number of fused-ring (bicyclic) bond motifs is 21. The third-order valence-electron chi connectivity index (χ3n) is 25.8. The van der Waals surface area contributed by atoms with Gasteiger partial charge in [-0.1, -0.05) is 322 Å². The maximum atomic E-state index is 6.44. The van der Waals surface area contributed by atoms with Gasteiger partial charge in [0.2, 0.25) is 17.1 Å². The quantitative estimate of drug-likeness (QED) is 0.124. The van der Waals surface area contributed by atoms with E-state index in [1.54, 1.807) is 0 Å². The Morgan fingerprint density at radius 3 is 0.917 bits per heavy atom. The summed E-state index contributed by atoms with van der Waals surface area (Å²) in [5.74, 6) is 2.70. The molecule has 28 rings (SSSR count). The predicted octanol–water partition coefficient (Wildman–Crippen LogP) is 31.2. The molecule has 28 aromatic rings. The second-order valence-electron chi connectivity index (χ2n) is 33.5. The molecule has 13 nitrogen and oxygen atoms in total. The van der Waals surface area contributed by atoms with E-state index in [1.807, 2.05) is 97.1 Å². The van der Waals surface area contributed by atoms with Crippen molar-refractivity contribution in [1.29, 1.82) is 0 Å². The molecule has 133 heavy (non-hydrogen) atoms. The lowest BCUT2D eigenvalue weighted by Gasteiger charge is -2.11. The van der Waals surface area contributed by atoms with Crippen molar-refractivity contribution in [1.82, 2.24) is 48.2 Å². The number of aromatic nitrogens is 10. The van der Waals surface area contributed by atoms with Gasteiger partial charge in [-0.25, -0.2) is 15.0 Å². The lowest BCUT2D eigenvalue weighted by molar-refractivity contribution is 0.653. The van der Waals surface area contributed by atoms with Crippen molar-refractivity contribution in [3.05, 3.63) is 449 Å². The van der Waals surface area contributed by atoms with E-state index >= 15 is 0 Å². The Morgan fingerprint density at radius 1 is 0.158 bits per heavy atom. The van der Waals surface area contributed by atoms with E-state index in [4.69, 9.17) is 43.2 Å². The van der Waals surface area contributed by atoms with Gasteiger partial charge >= 0.3 is 0 Å². The minimum Gasteiger partial charge on any atom is -0.438 e. The van der Waals surface area contributed by atoms with Crippen LogP contribution in [0.3, 0.4) is 0 Å². The number of hydrogen-bond donors (Lipinski definition) is 0. The molecule has 0 aliphatic heterocycles. The van der Waals surface area contributed by atoms with E-state index in [2.05, 4.69) is 370 Å². The van der Waals surface area contributed by atoms with Crippen LogP contribution in [0.25, 0.3) is 255 Å². The van der Waals surface area contributed by atoms with Crippen LogP contribution < -0.4 is 0 Å². The lowest BCUT2D eigenvalue weighted by atomic mass is 10.0. The first-order valence-electron chi connectivity index (χ1n) is 44.6. The van der Waals surface area contributed by atoms with Crippen LogP contribution in [-0.4, -0.2) is 48.2 Å². The molecule has 10 heterocycles. The van der Waals surface area contributed by atoms with Gasteiger partial charge in [-0.15, -0.1) is 0 Å². The Kier molecular flexibility index (Phi) is 17.9. The van der Waals surface area contributed by atoms with Crippen molar-refractivity contribution < 1.29 is 13.3 Å². The maximum absolute atomic E-state index is 6.44. The molecular weight excluding hydrogens is 1630 g/mol. The topological polar surface area (TPSA) is 136 Å². The average Bonchev–Trinajstić information content (AvgIpc) is 1.57. The van der Waals surface area contributed by atoms with Crippen molar-refractivity contribution in [3.8, 4) is 102 Å². The molecule has 13 heteroatoms. The van der Waals surface area contributed by atoms with Gasteiger partial charge in [0.25, 0.3) is 0 Å². The van der Waals surface area contributed by atoms with Crippen LogP contribution in [0.5, 0.6) is 0 Å². The maximum Gasteiger partial charge on any atom is 0.233 e. The van der Waals surface area contributed by atoms with Gasteiger partial charge in [0.15, 0.2) is 23.3 Å². The van der Waals surface area contributed by atoms with Gasteiger partial charge in [-0.2, -0.15) is 15.0 Å². The van der Waals surface area contributed by atoms with Crippen LogP contribution in [0.15, 0.2) is 462 Å². The molecular formula is C120H74N10O3. The monoisotopic (exact) mass is 1700 g/mol. The molecule has 622 valence electrons. The highest BCUT2D eigenvalue weighted by Gasteiger charge is 2.27. The first-order chi connectivity index (χ1) is 66.0. The van der Waals surface area contributed by atoms with Crippen molar-refractivity contribution in [2.75, 3.05) is 0 Å². The Hall–Kier alpha value is -18.2. The van der Waals surface area contributed by atoms with E-state index < -0.39 is 0 Å². The summed E-state index contributed by atoms with van der Waals surface area (Å²) >= 11 is 0. The largest absolute Gasteiger partial charge is 0.438 e. The smallest absolute Gasteiger partial charge is 0.233 e. The minimum absolute atomic E-state index is 0.571. The van der Waals surface area contributed by atoms with Crippen molar-refractivity contribution in [2.45, 2.75) is 0 Å². The van der Waals surface area contributed by atoms with Crippen LogP contribution >= 0.6 is 0 Å². The predicted molar refractivity (Wildman–Crippen MR) is 543 cm³/mol. The van der Waals surface area contributed by atoms with Crippen LogP contribution in [-0.2, 0) is 0 Å². The number of benzene rings is 18. The molecule has 10 aromatic heterocycles. The highest BCUT2D eigenvalue weighted by Crippen LogP contribution is 2.46. The zero-order valence-electron chi connectivity index (χ0n) is 71.4. The summed E-state index contributed by atoms with van der Waals surface area (Å²) in [5, 5.41) is 15.2. The first kappa shape index (κ1) is 76.1. The molecule has 0 radical (unpaired) electrons. The van der Waals surface area contributed by atoms with Crippen LogP contribution in [0.4, 0.5) is 0 Å². The van der Waals surface area contributed by atoms with Gasteiger partial charge in [0.1, 0.15) is 16.7 Å². The third-order valence-corrected chi connectivity index (χ3v) is 25.8. The number of rotatable bonds is 11. The number of nitrogens with zero attached hydrogens (tertiary/aromatic N) is 10. The van der Waals surface area contributed by atoms with Crippen molar-refractivity contribution in [3.63, 3.8) is 0 Å². The molecule has 0 amide bonds. The van der Waals surface area contributed by atoms with E-state index in [1.165, 1.54) is 54.6 Å². The summed E-state index contributed by atoms with van der Waals surface area (Å²) in [4.78, 5) is 30.8. The minimum atomic E-state index is 0.571. The second kappa shape index (κ2) is 31.4. The highest BCUT2D eigenvalue weighted by molar-refractivity contribution is 6.18. The van der Waals surface area contributed by atoms with Gasteiger partial charge in [-0.05, 0) is 150 Å². The molecule has 0 atom stereocenters. The first-order valence-corrected chi connectivity index (χ1v) is 44.6.